The van der Waals surface area contributed by atoms with Gasteiger partial charge in [-0.1, -0.05) is 0 Å². The van der Waals surface area contributed by atoms with Crippen molar-refractivity contribution < 1.29 is 22.7 Å². The highest BCUT2D eigenvalue weighted by atomic mass is 19.4. The van der Waals surface area contributed by atoms with Gasteiger partial charge >= 0.3 is 6.18 Å². The standard InChI is InChI=1S/C17H22F3N3O2/c18-17(19,20)14-1-2-15(21-10-14)23-6-3-13(11-23)16(24)22-9-12-4-7-25-8-5-12/h1-2,10,12-13H,3-9,11H2,(H,22,24)/t13-/m0/s1. The molecule has 1 aromatic heterocycles. The van der Waals surface area contributed by atoms with E-state index in [-0.39, 0.29) is 11.8 Å². The zero-order chi connectivity index (χ0) is 17.9. The van der Waals surface area contributed by atoms with Crippen molar-refractivity contribution in [3.8, 4) is 0 Å². The maximum absolute atomic E-state index is 12.6. The molecule has 1 amide bonds. The number of rotatable bonds is 4. The lowest BCUT2D eigenvalue weighted by Gasteiger charge is -2.23. The Morgan fingerprint density at radius 3 is 2.68 bits per heavy atom. The van der Waals surface area contributed by atoms with Crippen LogP contribution in [-0.2, 0) is 15.7 Å². The maximum atomic E-state index is 12.6. The molecule has 5 nitrogen and oxygen atoms in total. The molecule has 3 heterocycles. The van der Waals surface area contributed by atoms with E-state index in [0.717, 1.165) is 38.3 Å². The average Bonchev–Trinajstić information content (AvgIpc) is 3.10. The molecule has 0 aromatic carbocycles. The Bertz CT molecular complexity index is 586. The van der Waals surface area contributed by atoms with Gasteiger partial charge in [-0.15, -0.1) is 0 Å². The van der Waals surface area contributed by atoms with E-state index in [4.69, 9.17) is 4.74 Å². The van der Waals surface area contributed by atoms with Gasteiger partial charge in [0.25, 0.3) is 0 Å². The molecule has 0 bridgehead atoms. The molecule has 8 heteroatoms. The Morgan fingerprint density at radius 1 is 1.28 bits per heavy atom. The van der Waals surface area contributed by atoms with Gasteiger partial charge in [0, 0.05) is 39.0 Å². The predicted octanol–water partition coefficient (Wildman–Crippen LogP) is 2.47. The molecule has 3 rings (SSSR count). The lowest BCUT2D eigenvalue weighted by molar-refractivity contribution is -0.137. The van der Waals surface area contributed by atoms with Gasteiger partial charge in [0.1, 0.15) is 5.82 Å². The Morgan fingerprint density at radius 2 is 2.04 bits per heavy atom. The topological polar surface area (TPSA) is 54.5 Å². The summed E-state index contributed by atoms with van der Waals surface area (Å²) in [5, 5.41) is 3.01. The molecule has 0 aliphatic carbocycles. The number of carbonyl (C=O) groups is 1. The quantitative estimate of drug-likeness (QED) is 0.900. The molecule has 0 spiro atoms. The fraction of sp³-hybridized carbons (Fsp3) is 0.647. The third-order valence-corrected chi connectivity index (χ3v) is 4.86. The van der Waals surface area contributed by atoms with Crippen LogP contribution in [0.2, 0.25) is 0 Å². The fourth-order valence-corrected chi connectivity index (χ4v) is 3.26. The molecule has 2 aliphatic rings. The molecule has 0 unspecified atom stereocenters. The highest BCUT2D eigenvalue weighted by Crippen LogP contribution is 2.30. The van der Waals surface area contributed by atoms with Crippen molar-refractivity contribution in [3.05, 3.63) is 23.9 Å². The number of nitrogens with zero attached hydrogens (tertiary/aromatic N) is 2. The minimum atomic E-state index is -4.39. The van der Waals surface area contributed by atoms with Crippen molar-refractivity contribution in [3.63, 3.8) is 0 Å². The first-order valence-electron chi connectivity index (χ1n) is 8.57. The van der Waals surface area contributed by atoms with Gasteiger partial charge in [0.2, 0.25) is 5.91 Å². The summed E-state index contributed by atoms with van der Waals surface area (Å²) < 4.78 is 43.1. The van der Waals surface area contributed by atoms with Crippen molar-refractivity contribution >= 4 is 11.7 Å². The highest BCUT2D eigenvalue weighted by Gasteiger charge is 2.32. The van der Waals surface area contributed by atoms with Crippen molar-refractivity contribution in [2.75, 3.05) is 37.7 Å². The van der Waals surface area contributed by atoms with E-state index in [1.54, 1.807) is 0 Å². The summed E-state index contributed by atoms with van der Waals surface area (Å²) in [5.41, 5.74) is -0.763. The Kier molecular flexibility index (Phi) is 5.46. The van der Waals surface area contributed by atoms with Gasteiger partial charge in [0.05, 0.1) is 11.5 Å². The lowest BCUT2D eigenvalue weighted by Crippen LogP contribution is -2.37. The van der Waals surface area contributed by atoms with Gasteiger partial charge < -0.3 is 15.0 Å². The van der Waals surface area contributed by atoms with Crippen LogP contribution in [0.15, 0.2) is 18.3 Å². The van der Waals surface area contributed by atoms with E-state index in [0.29, 0.717) is 37.8 Å². The summed E-state index contributed by atoms with van der Waals surface area (Å²) in [6, 6.07) is 2.39. The van der Waals surface area contributed by atoms with Crippen molar-refractivity contribution in [1.82, 2.24) is 10.3 Å². The summed E-state index contributed by atoms with van der Waals surface area (Å²) in [6.45, 7) is 3.26. The van der Waals surface area contributed by atoms with Gasteiger partial charge in [-0.05, 0) is 37.3 Å². The van der Waals surface area contributed by atoms with E-state index in [1.165, 1.54) is 6.07 Å². The Hall–Kier alpha value is -1.83. The lowest BCUT2D eigenvalue weighted by atomic mass is 10.00. The van der Waals surface area contributed by atoms with E-state index in [2.05, 4.69) is 10.3 Å². The number of alkyl halides is 3. The van der Waals surface area contributed by atoms with Crippen LogP contribution in [0.4, 0.5) is 19.0 Å². The van der Waals surface area contributed by atoms with Gasteiger partial charge in [-0.25, -0.2) is 4.98 Å². The third kappa shape index (κ3) is 4.62. The van der Waals surface area contributed by atoms with Gasteiger partial charge in [-0.3, -0.25) is 4.79 Å². The van der Waals surface area contributed by atoms with Crippen LogP contribution in [0.1, 0.15) is 24.8 Å². The number of halogens is 3. The zero-order valence-corrected chi connectivity index (χ0v) is 13.9. The third-order valence-electron chi connectivity index (χ3n) is 4.86. The van der Waals surface area contributed by atoms with E-state index >= 15 is 0 Å². The molecule has 1 atom stereocenters. The fourth-order valence-electron chi connectivity index (χ4n) is 3.26. The van der Waals surface area contributed by atoms with Crippen molar-refractivity contribution in [1.29, 1.82) is 0 Å². The summed E-state index contributed by atoms with van der Waals surface area (Å²) in [7, 11) is 0. The Balaban J connectivity index is 1.50. The van der Waals surface area contributed by atoms with Crippen LogP contribution in [0.5, 0.6) is 0 Å². The monoisotopic (exact) mass is 357 g/mol. The SMILES string of the molecule is O=C(NCC1CCOCC1)[C@H]1CCN(c2ccc(C(F)(F)F)cn2)C1. The smallest absolute Gasteiger partial charge is 0.381 e. The summed E-state index contributed by atoms with van der Waals surface area (Å²) >= 11 is 0. The molecule has 1 aromatic rings. The molecular formula is C17H22F3N3O2. The normalized spacial score (nSPS) is 22.2. The minimum absolute atomic E-state index is 0.0147. The summed E-state index contributed by atoms with van der Waals surface area (Å²) in [4.78, 5) is 18.1. The molecule has 2 saturated heterocycles. The number of amides is 1. The van der Waals surface area contributed by atoms with E-state index < -0.39 is 11.7 Å². The minimum Gasteiger partial charge on any atom is -0.381 e. The number of hydrogen-bond donors (Lipinski definition) is 1. The first-order valence-corrected chi connectivity index (χ1v) is 8.57. The zero-order valence-electron chi connectivity index (χ0n) is 13.9. The molecule has 0 radical (unpaired) electrons. The van der Waals surface area contributed by atoms with Crippen LogP contribution in [0.3, 0.4) is 0 Å². The van der Waals surface area contributed by atoms with Crippen LogP contribution < -0.4 is 10.2 Å². The Labute approximate surface area is 144 Å². The number of anilines is 1. The molecule has 25 heavy (non-hydrogen) atoms. The van der Waals surface area contributed by atoms with Crippen LogP contribution in [0.25, 0.3) is 0 Å². The first kappa shape index (κ1) is 18.0. The molecule has 2 aliphatic heterocycles. The number of pyridine rings is 1. The molecule has 138 valence electrons. The summed E-state index contributed by atoms with van der Waals surface area (Å²) in [5.74, 6) is 0.810. The van der Waals surface area contributed by atoms with Crippen molar-refractivity contribution in [2.24, 2.45) is 11.8 Å². The average molecular weight is 357 g/mol. The molecule has 1 N–H and O–H groups in total. The molecular weight excluding hydrogens is 335 g/mol. The van der Waals surface area contributed by atoms with Crippen LogP contribution >= 0.6 is 0 Å². The summed E-state index contributed by atoms with van der Waals surface area (Å²) in [6.07, 6.45) is -0.932. The maximum Gasteiger partial charge on any atom is 0.417 e. The number of carbonyl (C=O) groups excluding carboxylic acids is 1. The van der Waals surface area contributed by atoms with E-state index in [1.807, 2.05) is 4.90 Å². The van der Waals surface area contributed by atoms with Crippen LogP contribution in [-0.4, -0.2) is 43.7 Å². The predicted molar refractivity (Wildman–Crippen MR) is 86.1 cm³/mol. The van der Waals surface area contributed by atoms with E-state index in [9.17, 15) is 18.0 Å². The largest absolute Gasteiger partial charge is 0.417 e. The molecule has 0 saturated carbocycles. The van der Waals surface area contributed by atoms with Gasteiger partial charge in [0.15, 0.2) is 0 Å². The number of aromatic nitrogens is 1. The number of nitrogens with one attached hydrogen (secondary N) is 1. The van der Waals surface area contributed by atoms with Gasteiger partial charge in [-0.2, -0.15) is 13.2 Å². The second-order valence-corrected chi connectivity index (χ2v) is 6.64. The first-order chi connectivity index (χ1) is 11.9. The number of hydrogen-bond acceptors (Lipinski definition) is 4. The van der Waals surface area contributed by atoms with Crippen LogP contribution in [0, 0.1) is 11.8 Å². The number of ether oxygens (including phenoxy) is 1. The van der Waals surface area contributed by atoms with Crippen molar-refractivity contribution in [2.45, 2.75) is 25.4 Å². The second-order valence-electron chi connectivity index (χ2n) is 6.64. The second kappa shape index (κ2) is 7.59. The molecule has 2 fully saturated rings. The highest BCUT2D eigenvalue weighted by molar-refractivity contribution is 5.80.